The molecule has 1 aromatic rings. The van der Waals surface area contributed by atoms with E-state index in [1.807, 2.05) is 0 Å². The lowest BCUT2D eigenvalue weighted by molar-refractivity contribution is -0.226. The Bertz CT molecular complexity index is 465. The van der Waals surface area contributed by atoms with Gasteiger partial charge in [-0.2, -0.15) is 13.2 Å². The minimum atomic E-state index is -4.48. The molecule has 8 heteroatoms. The van der Waals surface area contributed by atoms with Gasteiger partial charge in [-0.1, -0.05) is 0 Å². The number of nitrogens with zero attached hydrogens (tertiary/aromatic N) is 4. The zero-order valence-electron chi connectivity index (χ0n) is 8.52. The molecule has 0 atom stereocenters. The van der Waals surface area contributed by atoms with Gasteiger partial charge in [-0.3, -0.25) is 4.90 Å². The van der Waals surface area contributed by atoms with E-state index in [0.29, 0.717) is 5.56 Å². The molecule has 2 N–H and O–H groups in total. The minimum absolute atomic E-state index is 0.0419. The Morgan fingerprint density at radius 1 is 1.24 bits per heavy atom. The number of halogens is 3. The highest BCUT2D eigenvalue weighted by molar-refractivity contribution is 6.22. The minimum Gasteiger partial charge on any atom is -0.383 e. The summed E-state index contributed by atoms with van der Waals surface area (Å²) in [5.74, 6) is 0.0419. The Kier molecular flexibility index (Phi) is 2.70. The summed E-state index contributed by atoms with van der Waals surface area (Å²) < 4.78 is 37.5. The summed E-state index contributed by atoms with van der Waals surface area (Å²) in [4.78, 5) is 11.2. The lowest BCUT2D eigenvalue weighted by Crippen LogP contribution is -2.38. The van der Waals surface area contributed by atoms with Crippen molar-refractivity contribution < 1.29 is 13.2 Å². The fourth-order valence-electron chi connectivity index (χ4n) is 1.31. The Labute approximate surface area is 94.5 Å². The fraction of sp³-hybridized carbons (Fsp3) is 0.222. The van der Waals surface area contributed by atoms with Gasteiger partial charge in [0, 0.05) is 29.7 Å². The van der Waals surface area contributed by atoms with E-state index in [0.717, 1.165) is 6.20 Å². The molecule has 0 radical (unpaired) electrons. The standard InChI is InChI=1S/C9H8F3N5/c10-9(11,12)17-3-7(8(13)16-5-17)6-1-14-4-15-2-6/h1-4H,5H2,(H2,13,16). The number of hydrogen-bond donors (Lipinski definition) is 1. The zero-order chi connectivity index (χ0) is 12.5. The second-order valence-corrected chi connectivity index (χ2v) is 3.29. The van der Waals surface area contributed by atoms with Crippen molar-refractivity contribution in [2.45, 2.75) is 6.30 Å². The van der Waals surface area contributed by atoms with Gasteiger partial charge in [0.1, 0.15) is 18.8 Å². The van der Waals surface area contributed by atoms with Crippen LogP contribution in [0.15, 0.2) is 29.9 Å². The average molecular weight is 243 g/mol. The largest absolute Gasteiger partial charge is 0.485 e. The Morgan fingerprint density at radius 3 is 2.47 bits per heavy atom. The van der Waals surface area contributed by atoms with E-state index in [9.17, 15) is 13.2 Å². The molecule has 0 amide bonds. The summed E-state index contributed by atoms with van der Waals surface area (Å²) in [5.41, 5.74) is 6.10. The third kappa shape index (κ3) is 2.35. The van der Waals surface area contributed by atoms with E-state index < -0.39 is 13.0 Å². The third-order valence-corrected chi connectivity index (χ3v) is 2.15. The van der Waals surface area contributed by atoms with Crippen LogP contribution in [0.25, 0.3) is 5.57 Å². The molecule has 0 aliphatic carbocycles. The van der Waals surface area contributed by atoms with Crippen molar-refractivity contribution in [1.82, 2.24) is 14.9 Å². The summed E-state index contributed by atoms with van der Waals surface area (Å²) in [6.45, 7) is -0.535. The van der Waals surface area contributed by atoms with Gasteiger partial charge in [-0.25, -0.2) is 15.0 Å². The van der Waals surface area contributed by atoms with E-state index in [1.165, 1.54) is 18.7 Å². The summed E-state index contributed by atoms with van der Waals surface area (Å²) in [6, 6.07) is 0. The van der Waals surface area contributed by atoms with Crippen molar-refractivity contribution >= 4 is 11.4 Å². The molecule has 0 saturated heterocycles. The van der Waals surface area contributed by atoms with Crippen LogP contribution in [0.5, 0.6) is 0 Å². The van der Waals surface area contributed by atoms with Crippen LogP contribution in [0.3, 0.4) is 0 Å². The van der Waals surface area contributed by atoms with Crippen LogP contribution >= 0.6 is 0 Å². The lowest BCUT2D eigenvalue weighted by Gasteiger charge is -2.26. The normalized spacial score (nSPS) is 16.5. The first-order valence-electron chi connectivity index (χ1n) is 4.59. The highest BCUT2D eigenvalue weighted by Crippen LogP contribution is 2.26. The van der Waals surface area contributed by atoms with Crippen molar-refractivity contribution in [2.75, 3.05) is 6.67 Å². The molecule has 1 aliphatic heterocycles. The van der Waals surface area contributed by atoms with E-state index in [1.54, 1.807) is 0 Å². The Morgan fingerprint density at radius 2 is 1.88 bits per heavy atom. The molecule has 0 spiro atoms. The van der Waals surface area contributed by atoms with Crippen molar-refractivity contribution in [1.29, 1.82) is 0 Å². The van der Waals surface area contributed by atoms with E-state index >= 15 is 0 Å². The second-order valence-electron chi connectivity index (χ2n) is 3.29. The molecule has 5 nitrogen and oxygen atoms in total. The number of alkyl halides is 3. The second kappa shape index (κ2) is 4.04. The third-order valence-electron chi connectivity index (χ3n) is 2.15. The fourth-order valence-corrected chi connectivity index (χ4v) is 1.31. The van der Waals surface area contributed by atoms with Gasteiger partial charge < -0.3 is 5.73 Å². The molecule has 0 bridgehead atoms. The maximum Gasteiger partial charge on any atom is 0.485 e. The van der Waals surface area contributed by atoms with Crippen LogP contribution in [0.1, 0.15) is 5.56 Å². The molecular weight excluding hydrogens is 235 g/mol. The van der Waals surface area contributed by atoms with Gasteiger partial charge in [0.25, 0.3) is 0 Å². The number of aliphatic imine (C=N–C) groups is 1. The molecule has 1 aliphatic rings. The van der Waals surface area contributed by atoms with Crippen LogP contribution in [0.4, 0.5) is 13.2 Å². The van der Waals surface area contributed by atoms with Gasteiger partial charge in [-0.05, 0) is 0 Å². The predicted octanol–water partition coefficient (Wildman–Crippen LogP) is 0.968. The topological polar surface area (TPSA) is 67.4 Å². The van der Waals surface area contributed by atoms with Gasteiger partial charge >= 0.3 is 6.30 Å². The van der Waals surface area contributed by atoms with E-state index in [-0.39, 0.29) is 16.3 Å². The maximum atomic E-state index is 12.5. The summed E-state index contributed by atoms with van der Waals surface area (Å²) in [6.07, 6.45) is 0.454. The number of aromatic nitrogens is 2. The summed E-state index contributed by atoms with van der Waals surface area (Å²) in [5, 5.41) is 0. The predicted molar refractivity (Wildman–Crippen MR) is 54.4 cm³/mol. The Balaban J connectivity index is 2.37. The maximum absolute atomic E-state index is 12.5. The first-order chi connectivity index (χ1) is 7.98. The molecule has 1 aromatic heterocycles. The lowest BCUT2D eigenvalue weighted by atomic mass is 10.1. The quantitative estimate of drug-likeness (QED) is 0.746. The highest BCUT2D eigenvalue weighted by Gasteiger charge is 2.37. The molecular formula is C9H8F3N5. The average Bonchev–Trinajstić information content (AvgIpc) is 2.29. The summed E-state index contributed by atoms with van der Waals surface area (Å²) >= 11 is 0. The van der Waals surface area contributed by atoms with Crippen LogP contribution in [-0.4, -0.2) is 33.7 Å². The molecule has 17 heavy (non-hydrogen) atoms. The Hall–Kier alpha value is -2.12. The van der Waals surface area contributed by atoms with Crippen molar-refractivity contribution in [2.24, 2.45) is 10.7 Å². The smallest absolute Gasteiger partial charge is 0.383 e. The van der Waals surface area contributed by atoms with Gasteiger partial charge in [0.15, 0.2) is 0 Å². The molecule has 90 valence electrons. The first kappa shape index (κ1) is 11.4. The van der Waals surface area contributed by atoms with Crippen LogP contribution in [-0.2, 0) is 0 Å². The van der Waals surface area contributed by atoms with Gasteiger partial charge in [-0.15, -0.1) is 0 Å². The number of nitrogens with two attached hydrogens (primary N) is 1. The van der Waals surface area contributed by atoms with Crippen LogP contribution in [0, 0.1) is 0 Å². The van der Waals surface area contributed by atoms with Crippen molar-refractivity contribution in [3.8, 4) is 0 Å². The molecule has 0 unspecified atom stereocenters. The van der Waals surface area contributed by atoms with Gasteiger partial charge in [0.2, 0.25) is 0 Å². The molecule has 0 aromatic carbocycles. The van der Waals surface area contributed by atoms with Crippen LogP contribution < -0.4 is 5.73 Å². The first-order valence-corrected chi connectivity index (χ1v) is 4.59. The number of amidine groups is 1. The zero-order valence-corrected chi connectivity index (χ0v) is 8.52. The van der Waals surface area contributed by atoms with E-state index in [4.69, 9.17) is 5.73 Å². The highest BCUT2D eigenvalue weighted by atomic mass is 19.4. The SMILES string of the molecule is NC1=NCN(C(F)(F)F)C=C1c1cncnc1. The van der Waals surface area contributed by atoms with Gasteiger partial charge in [0.05, 0.1) is 0 Å². The van der Waals surface area contributed by atoms with Crippen molar-refractivity contribution in [3.05, 3.63) is 30.5 Å². The van der Waals surface area contributed by atoms with E-state index in [2.05, 4.69) is 15.0 Å². The summed E-state index contributed by atoms with van der Waals surface area (Å²) in [7, 11) is 0. The monoisotopic (exact) mass is 243 g/mol. The molecule has 0 saturated carbocycles. The number of hydrogen-bond acceptors (Lipinski definition) is 5. The van der Waals surface area contributed by atoms with Crippen molar-refractivity contribution in [3.63, 3.8) is 0 Å². The molecule has 2 rings (SSSR count). The molecule has 0 fully saturated rings. The molecule has 2 heterocycles. The number of rotatable bonds is 1. The van der Waals surface area contributed by atoms with Crippen LogP contribution in [0.2, 0.25) is 0 Å².